The molecule has 80 valence electrons. The Morgan fingerprint density at radius 2 is 2.29 bits per heavy atom. The zero-order chi connectivity index (χ0) is 10.6. The van der Waals surface area contributed by atoms with Gasteiger partial charge in [-0.3, -0.25) is 4.79 Å². The van der Waals surface area contributed by atoms with Crippen LogP contribution in [0.25, 0.3) is 0 Å². The van der Waals surface area contributed by atoms with Crippen molar-refractivity contribution in [3.63, 3.8) is 0 Å². The number of hydrogen-bond acceptors (Lipinski definition) is 3. The molecule has 0 aromatic heterocycles. The molecule has 1 aliphatic carbocycles. The van der Waals surface area contributed by atoms with Crippen LogP contribution in [-0.2, 0) is 9.53 Å². The summed E-state index contributed by atoms with van der Waals surface area (Å²) in [6, 6.07) is 0. The molecule has 0 N–H and O–H groups in total. The Balaban J connectivity index is 2.22. The number of thioether (sulfide) groups is 1. The molecule has 1 aliphatic rings. The van der Waals surface area contributed by atoms with Gasteiger partial charge in [-0.25, -0.2) is 0 Å². The Morgan fingerprint density at radius 1 is 1.64 bits per heavy atom. The second-order valence-electron chi connectivity index (χ2n) is 3.76. The molecule has 14 heavy (non-hydrogen) atoms. The van der Waals surface area contributed by atoms with Crippen molar-refractivity contribution in [1.29, 1.82) is 0 Å². The second-order valence-corrected chi connectivity index (χ2v) is 5.87. The van der Waals surface area contributed by atoms with Gasteiger partial charge in [-0.1, -0.05) is 22.5 Å². The molecule has 2 nitrogen and oxygen atoms in total. The summed E-state index contributed by atoms with van der Waals surface area (Å²) in [7, 11) is 1.45. The average Bonchev–Trinajstić information content (AvgIpc) is 2.84. The van der Waals surface area contributed by atoms with E-state index in [1.54, 1.807) is 0 Å². The minimum atomic E-state index is -0.0826. The highest BCUT2D eigenvalue weighted by atomic mass is 79.9. The number of methoxy groups -OCH3 is 1. The quantitative estimate of drug-likeness (QED) is 0.699. The minimum absolute atomic E-state index is 0.0826. The van der Waals surface area contributed by atoms with Crippen LogP contribution in [0.15, 0.2) is 11.1 Å². The first-order valence-electron chi connectivity index (χ1n) is 4.56. The van der Waals surface area contributed by atoms with Crippen LogP contribution in [0, 0.1) is 5.41 Å². The smallest absolute Gasteiger partial charge is 0.306 e. The van der Waals surface area contributed by atoms with Crippen molar-refractivity contribution in [3.8, 4) is 0 Å². The van der Waals surface area contributed by atoms with Gasteiger partial charge in [-0.15, -0.1) is 0 Å². The third-order valence-electron chi connectivity index (χ3n) is 2.37. The highest BCUT2D eigenvalue weighted by molar-refractivity contribution is 9.11. The lowest BCUT2D eigenvalue weighted by Gasteiger charge is -2.12. The van der Waals surface area contributed by atoms with E-state index in [-0.39, 0.29) is 11.4 Å². The largest absolute Gasteiger partial charge is 0.469 e. The van der Waals surface area contributed by atoms with Crippen molar-refractivity contribution in [2.24, 2.45) is 5.41 Å². The molecule has 0 bridgehead atoms. The average molecular weight is 279 g/mol. The Morgan fingerprint density at radius 3 is 2.71 bits per heavy atom. The molecular weight excluding hydrogens is 264 g/mol. The van der Waals surface area contributed by atoms with Crippen LogP contribution in [0.2, 0.25) is 0 Å². The molecule has 0 amide bonds. The Bertz CT molecular complexity index is 236. The first kappa shape index (κ1) is 12.1. The van der Waals surface area contributed by atoms with Crippen LogP contribution >= 0.6 is 27.7 Å². The van der Waals surface area contributed by atoms with E-state index in [1.165, 1.54) is 7.11 Å². The Labute approximate surface area is 97.6 Å². The molecule has 0 saturated heterocycles. The summed E-state index contributed by atoms with van der Waals surface area (Å²) in [5.74, 6) is 1.87. The zero-order valence-corrected chi connectivity index (χ0v) is 10.7. The molecule has 1 rings (SSSR count). The van der Waals surface area contributed by atoms with Gasteiger partial charge in [0.1, 0.15) is 0 Å². The number of carbonyl (C=O) groups excluding carboxylic acids is 1. The lowest BCUT2D eigenvalue weighted by atomic mass is 10.1. The molecule has 0 heterocycles. The summed E-state index contributed by atoms with van der Waals surface area (Å²) < 4.78 is 5.69. The third-order valence-corrected chi connectivity index (χ3v) is 4.39. The standard InChI is InChI=1S/C10H15BrO2S/c1-8(11)6-14-7-10(3-4-10)5-9(12)13-2/h1,3-7H2,2H3. The monoisotopic (exact) mass is 278 g/mol. The van der Waals surface area contributed by atoms with Gasteiger partial charge in [-0.05, 0) is 28.5 Å². The van der Waals surface area contributed by atoms with E-state index in [2.05, 4.69) is 27.2 Å². The molecule has 0 unspecified atom stereocenters. The number of rotatable bonds is 6. The van der Waals surface area contributed by atoms with Gasteiger partial charge in [0.05, 0.1) is 13.5 Å². The van der Waals surface area contributed by atoms with Crippen LogP contribution in [0.1, 0.15) is 19.3 Å². The normalized spacial score (nSPS) is 17.6. The van der Waals surface area contributed by atoms with Gasteiger partial charge < -0.3 is 4.74 Å². The Kier molecular flexibility index (Phi) is 4.51. The molecule has 0 spiro atoms. The van der Waals surface area contributed by atoms with Crippen molar-refractivity contribution in [1.82, 2.24) is 0 Å². The summed E-state index contributed by atoms with van der Waals surface area (Å²) >= 11 is 5.15. The molecule has 4 heteroatoms. The van der Waals surface area contributed by atoms with Gasteiger partial charge in [0.2, 0.25) is 0 Å². The predicted molar refractivity (Wildman–Crippen MR) is 63.7 cm³/mol. The van der Waals surface area contributed by atoms with Crippen LogP contribution in [0.3, 0.4) is 0 Å². The van der Waals surface area contributed by atoms with Gasteiger partial charge >= 0.3 is 5.97 Å². The predicted octanol–water partition coefficient (Wildman–Crippen LogP) is 2.97. The summed E-state index contributed by atoms with van der Waals surface area (Å²) in [6.07, 6.45) is 2.89. The molecule has 0 atom stereocenters. The second kappa shape index (κ2) is 5.21. The van der Waals surface area contributed by atoms with Crippen molar-refractivity contribution in [2.75, 3.05) is 18.6 Å². The van der Waals surface area contributed by atoms with E-state index < -0.39 is 0 Å². The third kappa shape index (κ3) is 4.05. The maximum absolute atomic E-state index is 11.1. The van der Waals surface area contributed by atoms with Gasteiger partial charge in [0.15, 0.2) is 0 Å². The number of esters is 1. The summed E-state index contributed by atoms with van der Waals surface area (Å²) in [5.41, 5.74) is 0.236. The van der Waals surface area contributed by atoms with E-state index in [0.29, 0.717) is 6.42 Å². The van der Waals surface area contributed by atoms with E-state index >= 15 is 0 Å². The number of halogens is 1. The molecule has 0 radical (unpaired) electrons. The van der Waals surface area contributed by atoms with Crippen molar-refractivity contribution < 1.29 is 9.53 Å². The maximum atomic E-state index is 11.1. The van der Waals surface area contributed by atoms with Gasteiger partial charge in [0.25, 0.3) is 0 Å². The topological polar surface area (TPSA) is 26.3 Å². The maximum Gasteiger partial charge on any atom is 0.306 e. The molecule has 0 aromatic carbocycles. The van der Waals surface area contributed by atoms with E-state index in [4.69, 9.17) is 0 Å². The summed E-state index contributed by atoms with van der Waals surface area (Å²) in [5, 5.41) is 0. The van der Waals surface area contributed by atoms with E-state index in [0.717, 1.165) is 28.8 Å². The lowest BCUT2D eigenvalue weighted by molar-refractivity contribution is -0.141. The molecule has 1 fully saturated rings. The number of hydrogen-bond donors (Lipinski definition) is 0. The molecule has 0 aliphatic heterocycles. The summed E-state index contributed by atoms with van der Waals surface area (Å²) in [4.78, 5) is 11.1. The molecular formula is C10H15BrO2S. The van der Waals surface area contributed by atoms with Gasteiger partial charge in [-0.2, -0.15) is 11.8 Å². The fourth-order valence-electron chi connectivity index (χ4n) is 1.31. The van der Waals surface area contributed by atoms with Crippen LogP contribution < -0.4 is 0 Å². The highest BCUT2D eigenvalue weighted by Gasteiger charge is 2.44. The minimum Gasteiger partial charge on any atom is -0.469 e. The van der Waals surface area contributed by atoms with Crippen LogP contribution in [-0.4, -0.2) is 24.6 Å². The zero-order valence-electron chi connectivity index (χ0n) is 8.35. The summed E-state index contributed by atoms with van der Waals surface area (Å²) in [6.45, 7) is 3.78. The van der Waals surface area contributed by atoms with E-state index in [9.17, 15) is 4.79 Å². The Hall–Kier alpha value is 0.0400. The fourth-order valence-corrected chi connectivity index (χ4v) is 2.94. The first-order chi connectivity index (χ1) is 6.58. The van der Waals surface area contributed by atoms with E-state index in [1.807, 2.05) is 11.8 Å². The number of carbonyl (C=O) groups is 1. The highest BCUT2D eigenvalue weighted by Crippen LogP contribution is 2.51. The SMILES string of the molecule is C=C(Br)CSCC1(CC(=O)OC)CC1. The molecule has 1 saturated carbocycles. The van der Waals surface area contributed by atoms with Gasteiger partial charge in [0, 0.05) is 5.75 Å². The van der Waals surface area contributed by atoms with Crippen molar-refractivity contribution >= 4 is 33.7 Å². The molecule has 0 aromatic rings. The van der Waals surface area contributed by atoms with Crippen LogP contribution in [0.4, 0.5) is 0 Å². The first-order valence-corrected chi connectivity index (χ1v) is 6.51. The lowest BCUT2D eigenvalue weighted by Crippen LogP contribution is -2.13. The van der Waals surface area contributed by atoms with Crippen molar-refractivity contribution in [3.05, 3.63) is 11.1 Å². The number of ether oxygens (including phenoxy) is 1. The van der Waals surface area contributed by atoms with Crippen LogP contribution in [0.5, 0.6) is 0 Å². The fraction of sp³-hybridized carbons (Fsp3) is 0.700. The van der Waals surface area contributed by atoms with Crippen molar-refractivity contribution in [2.45, 2.75) is 19.3 Å².